The minimum Gasteiger partial charge on any atom is -0.458 e. The van der Waals surface area contributed by atoms with E-state index in [1.54, 1.807) is 23.1 Å². The molecule has 0 spiro atoms. The summed E-state index contributed by atoms with van der Waals surface area (Å²) < 4.78 is 32.1. The zero-order valence-corrected chi connectivity index (χ0v) is 13.0. The van der Waals surface area contributed by atoms with Crippen LogP contribution in [0.3, 0.4) is 0 Å². The topological polar surface area (TPSA) is 55.3 Å². The van der Waals surface area contributed by atoms with Crippen LogP contribution in [0.4, 0.5) is 8.78 Å². The molecule has 1 unspecified atom stereocenters. The molecule has 7 heteroatoms. The van der Waals surface area contributed by atoms with Crippen LogP contribution in [0.2, 0.25) is 0 Å². The fourth-order valence-corrected chi connectivity index (χ4v) is 2.69. The summed E-state index contributed by atoms with van der Waals surface area (Å²) in [6, 6.07) is 6.34. The predicted octanol–water partition coefficient (Wildman–Crippen LogP) is 2.37. The fraction of sp³-hybridized carbons (Fsp3) is 0.353. The summed E-state index contributed by atoms with van der Waals surface area (Å²) in [4.78, 5) is 21.6. The second-order valence-corrected chi connectivity index (χ2v) is 5.67. The van der Waals surface area contributed by atoms with E-state index in [0.29, 0.717) is 18.7 Å². The highest BCUT2D eigenvalue weighted by Gasteiger charge is 2.26. The second-order valence-electron chi connectivity index (χ2n) is 5.67. The van der Waals surface area contributed by atoms with E-state index in [2.05, 4.69) is 9.97 Å². The summed E-state index contributed by atoms with van der Waals surface area (Å²) in [5.41, 5.74) is 0.382. The monoisotopic (exact) mass is 333 g/mol. The van der Waals surface area contributed by atoms with E-state index < -0.39 is 5.82 Å². The first-order valence-corrected chi connectivity index (χ1v) is 7.77. The van der Waals surface area contributed by atoms with Gasteiger partial charge in [0.1, 0.15) is 11.9 Å². The third kappa shape index (κ3) is 4.04. The van der Waals surface area contributed by atoms with Gasteiger partial charge >= 0.3 is 6.01 Å². The van der Waals surface area contributed by atoms with Gasteiger partial charge in [-0.2, -0.15) is 0 Å². The van der Waals surface area contributed by atoms with Gasteiger partial charge in [-0.25, -0.2) is 18.7 Å². The van der Waals surface area contributed by atoms with E-state index >= 15 is 0 Å². The van der Waals surface area contributed by atoms with Crippen molar-refractivity contribution in [1.82, 2.24) is 14.9 Å². The first-order chi connectivity index (χ1) is 11.6. The number of likely N-dealkylation sites (tertiary alicyclic amines) is 1. The molecule has 1 amide bonds. The fourth-order valence-electron chi connectivity index (χ4n) is 2.69. The Morgan fingerprint density at radius 2 is 2.00 bits per heavy atom. The van der Waals surface area contributed by atoms with Gasteiger partial charge < -0.3 is 9.64 Å². The normalized spacial score (nSPS) is 17.6. The van der Waals surface area contributed by atoms with E-state index in [4.69, 9.17) is 4.74 Å². The minimum absolute atomic E-state index is 0.0203. The number of ether oxygens (including phenoxy) is 1. The standard InChI is InChI=1S/C17H17F2N3O2/c18-13-9-20-17(21-10-13)24-14-5-3-7-22(11-14)16(23)8-12-4-1-2-6-15(12)19/h1-2,4,6,9-10,14H,3,5,7-8,11H2. The third-order valence-corrected chi connectivity index (χ3v) is 3.90. The Kier molecular flexibility index (Phi) is 4.98. The van der Waals surface area contributed by atoms with Crippen LogP contribution in [0.15, 0.2) is 36.7 Å². The molecule has 1 aliphatic heterocycles. The summed E-state index contributed by atoms with van der Waals surface area (Å²) in [6.07, 6.45) is 3.36. The van der Waals surface area contributed by atoms with E-state index in [9.17, 15) is 13.6 Å². The van der Waals surface area contributed by atoms with Crippen LogP contribution in [0.1, 0.15) is 18.4 Å². The lowest BCUT2D eigenvalue weighted by Gasteiger charge is -2.32. The van der Waals surface area contributed by atoms with Gasteiger partial charge in [-0.1, -0.05) is 18.2 Å². The Morgan fingerprint density at radius 3 is 2.75 bits per heavy atom. The average Bonchev–Trinajstić information content (AvgIpc) is 2.59. The van der Waals surface area contributed by atoms with Gasteiger partial charge in [0.15, 0.2) is 5.82 Å². The summed E-state index contributed by atoms with van der Waals surface area (Å²) >= 11 is 0. The van der Waals surface area contributed by atoms with Crippen LogP contribution in [0.25, 0.3) is 0 Å². The van der Waals surface area contributed by atoms with Crippen molar-refractivity contribution in [3.8, 4) is 6.01 Å². The van der Waals surface area contributed by atoms with E-state index in [1.807, 2.05) is 0 Å². The molecule has 1 aromatic heterocycles. The lowest BCUT2D eigenvalue weighted by Crippen LogP contribution is -2.45. The van der Waals surface area contributed by atoms with Crippen LogP contribution in [0.5, 0.6) is 6.01 Å². The molecule has 126 valence electrons. The average molecular weight is 333 g/mol. The zero-order chi connectivity index (χ0) is 16.9. The van der Waals surface area contributed by atoms with Crippen LogP contribution < -0.4 is 4.74 Å². The van der Waals surface area contributed by atoms with Gasteiger partial charge in [0.25, 0.3) is 0 Å². The van der Waals surface area contributed by atoms with Crippen molar-refractivity contribution in [3.63, 3.8) is 0 Å². The molecule has 24 heavy (non-hydrogen) atoms. The number of hydrogen-bond donors (Lipinski definition) is 0. The predicted molar refractivity (Wildman–Crippen MR) is 82.3 cm³/mol. The van der Waals surface area contributed by atoms with Crippen LogP contribution in [0, 0.1) is 11.6 Å². The van der Waals surface area contributed by atoms with Crippen molar-refractivity contribution in [1.29, 1.82) is 0 Å². The van der Waals surface area contributed by atoms with Crippen molar-refractivity contribution in [3.05, 3.63) is 53.9 Å². The minimum atomic E-state index is -0.535. The Morgan fingerprint density at radius 1 is 1.25 bits per heavy atom. The number of amides is 1. The van der Waals surface area contributed by atoms with Crippen molar-refractivity contribution >= 4 is 5.91 Å². The number of benzene rings is 1. The Hall–Kier alpha value is -2.57. The third-order valence-electron chi connectivity index (χ3n) is 3.90. The van der Waals surface area contributed by atoms with Gasteiger partial charge in [-0.3, -0.25) is 4.79 Å². The van der Waals surface area contributed by atoms with E-state index in [0.717, 1.165) is 25.2 Å². The van der Waals surface area contributed by atoms with Crippen molar-refractivity contribution < 1.29 is 18.3 Å². The molecule has 2 aromatic rings. The van der Waals surface area contributed by atoms with Crippen LogP contribution >= 0.6 is 0 Å². The molecule has 1 atom stereocenters. The highest BCUT2D eigenvalue weighted by molar-refractivity contribution is 5.79. The molecule has 3 rings (SSSR count). The van der Waals surface area contributed by atoms with Gasteiger partial charge in [0.2, 0.25) is 5.91 Å². The highest BCUT2D eigenvalue weighted by Crippen LogP contribution is 2.17. The molecule has 0 aliphatic carbocycles. The van der Waals surface area contributed by atoms with Gasteiger partial charge in [0.05, 0.1) is 25.4 Å². The molecule has 1 saturated heterocycles. The number of rotatable bonds is 4. The number of nitrogens with zero attached hydrogens (tertiary/aromatic N) is 3. The number of hydrogen-bond acceptors (Lipinski definition) is 4. The maximum atomic E-state index is 13.7. The zero-order valence-electron chi connectivity index (χ0n) is 13.0. The number of piperidine rings is 1. The first-order valence-electron chi connectivity index (χ1n) is 7.77. The first kappa shape index (κ1) is 16.3. The van der Waals surface area contributed by atoms with Gasteiger partial charge in [-0.05, 0) is 24.5 Å². The van der Waals surface area contributed by atoms with E-state index in [1.165, 1.54) is 6.07 Å². The van der Waals surface area contributed by atoms with Gasteiger partial charge in [0, 0.05) is 6.54 Å². The molecule has 0 saturated carbocycles. The maximum Gasteiger partial charge on any atom is 0.316 e. The summed E-state index contributed by atoms with van der Waals surface area (Å²) in [6.45, 7) is 0.992. The molecule has 1 aromatic carbocycles. The van der Waals surface area contributed by atoms with Crippen molar-refractivity contribution in [2.24, 2.45) is 0 Å². The van der Waals surface area contributed by atoms with Gasteiger partial charge in [-0.15, -0.1) is 0 Å². The Labute approximate surface area is 138 Å². The van der Waals surface area contributed by atoms with E-state index in [-0.39, 0.29) is 30.3 Å². The molecule has 0 radical (unpaired) electrons. The quantitative estimate of drug-likeness (QED) is 0.862. The molecular weight excluding hydrogens is 316 g/mol. The van der Waals surface area contributed by atoms with Crippen LogP contribution in [-0.4, -0.2) is 40.0 Å². The number of halogens is 2. The Bertz CT molecular complexity index is 709. The summed E-state index contributed by atoms with van der Waals surface area (Å²) in [5, 5.41) is 0. The number of carbonyl (C=O) groups is 1. The smallest absolute Gasteiger partial charge is 0.316 e. The van der Waals surface area contributed by atoms with Crippen LogP contribution in [-0.2, 0) is 11.2 Å². The molecule has 5 nitrogen and oxygen atoms in total. The largest absolute Gasteiger partial charge is 0.458 e. The molecule has 1 aliphatic rings. The maximum absolute atomic E-state index is 13.7. The highest BCUT2D eigenvalue weighted by atomic mass is 19.1. The molecule has 1 fully saturated rings. The summed E-state index contributed by atoms with van der Waals surface area (Å²) in [7, 11) is 0. The molecular formula is C17H17F2N3O2. The number of carbonyl (C=O) groups excluding carboxylic acids is 1. The lowest BCUT2D eigenvalue weighted by atomic mass is 10.1. The molecule has 0 bridgehead atoms. The number of aromatic nitrogens is 2. The molecule has 2 heterocycles. The second kappa shape index (κ2) is 7.33. The Balaban J connectivity index is 1.59. The lowest BCUT2D eigenvalue weighted by molar-refractivity contribution is -0.133. The van der Waals surface area contributed by atoms with Crippen molar-refractivity contribution in [2.45, 2.75) is 25.4 Å². The molecule has 0 N–H and O–H groups in total. The SMILES string of the molecule is O=C(Cc1ccccc1F)N1CCCC(Oc2ncc(F)cn2)C1. The van der Waals surface area contributed by atoms with Crippen molar-refractivity contribution in [2.75, 3.05) is 13.1 Å². The summed E-state index contributed by atoms with van der Waals surface area (Å²) in [5.74, 6) is -1.06.